The molecule has 0 saturated heterocycles. The van der Waals surface area contributed by atoms with Gasteiger partial charge in [0, 0.05) is 16.0 Å². The van der Waals surface area contributed by atoms with E-state index >= 15 is 0 Å². The Balaban J connectivity index is 2.14. The fraction of sp³-hybridized carbons (Fsp3) is 0.250. The number of hydrogen-bond donors (Lipinski definition) is 3. The number of carbonyl (C=O) groups excluding carboxylic acids is 2. The Bertz CT molecular complexity index is 734. The van der Waals surface area contributed by atoms with Gasteiger partial charge in [-0.25, -0.2) is 4.79 Å². The molecule has 1 atom stereocenters. The second-order valence-electron chi connectivity index (χ2n) is 5.13. The second-order valence-corrected chi connectivity index (χ2v) is 6.52. The number of amides is 3. The molecule has 0 fully saturated rings. The number of ether oxygens (including phenoxy) is 1. The summed E-state index contributed by atoms with van der Waals surface area (Å²) in [6.07, 6.45) is 0.0499. The summed E-state index contributed by atoms with van der Waals surface area (Å²) in [7, 11) is 1.50. The molecule has 2 rings (SSSR count). The van der Waals surface area contributed by atoms with E-state index < -0.39 is 12.1 Å². The van der Waals surface area contributed by atoms with Gasteiger partial charge < -0.3 is 21.1 Å². The third kappa shape index (κ3) is 4.62. The molecule has 6 nitrogen and oxygen atoms in total. The van der Waals surface area contributed by atoms with Crippen LogP contribution in [0.2, 0.25) is 5.02 Å². The number of urea groups is 1. The van der Waals surface area contributed by atoms with Crippen LogP contribution in [0.3, 0.4) is 0 Å². The molecule has 0 radical (unpaired) electrons. The maximum Gasteiger partial charge on any atom is 0.312 e. The highest BCUT2D eigenvalue weighted by Crippen LogP contribution is 2.31. The molecule has 128 valence electrons. The van der Waals surface area contributed by atoms with E-state index in [4.69, 9.17) is 22.1 Å². The van der Waals surface area contributed by atoms with Crippen molar-refractivity contribution in [2.45, 2.75) is 19.4 Å². The molecule has 0 aliphatic rings. The van der Waals surface area contributed by atoms with E-state index in [2.05, 4.69) is 10.6 Å². The summed E-state index contributed by atoms with van der Waals surface area (Å²) >= 11 is 7.50. The van der Waals surface area contributed by atoms with Crippen LogP contribution in [0.4, 0.5) is 10.5 Å². The number of aryl methyl sites for hydroxylation is 1. The molecule has 1 aromatic carbocycles. The number of methoxy groups -OCH3 is 1. The van der Waals surface area contributed by atoms with Gasteiger partial charge in [-0.3, -0.25) is 4.79 Å². The summed E-state index contributed by atoms with van der Waals surface area (Å²) in [5.74, 6) is 0.191. The van der Waals surface area contributed by atoms with Crippen molar-refractivity contribution < 1.29 is 14.3 Å². The SMILES string of the molecule is COc1cc(Cl)c(C)cc1NC(=O)CC(NC(N)=O)c1cccs1. The second kappa shape index (κ2) is 8.03. The van der Waals surface area contributed by atoms with Crippen LogP contribution in [0, 0.1) is 6.92 Å². The smallest absolute Gasteiger partial charge is 0.312 e. The Hall–Kier alpha value is -2.25. The Morgan fingerprint density at radius 2 is 2.17 bits per heavy atom. The van der Waals surface area contributed by atoms with E-state index in [0.717, 1.165) is 10.4 Å². The van der Waals surface area contributed by atoms with Crippen molar-refractivity contribution >= 4 is 40.6 Å². The highest BCUT2D eigenvalue weighted by molar-refractivity contribution is 7.10. The van der Waals surface area contributed by atoms with Crippen LogP contribution in [0.1, 0.15) is 22.9 Å². The van der Waals surface area contributed by atoms with E-state index in [1.54, 1.807) is 12.1 Å². The third-order valence-corrected chi connectivity index (χ3v) is 4.74. The van der Waals surface area contributed by atoms with Gasteiger partial charge in [0.2, 0.25) is 5.91 Å². The molecule has 0 aliphatic heterocycles. The Kier molecular flexibility index (Phi) is 6.05. The molecule has 24 heavy (non-hydrogen) atoms. The Morgan fingerprint density at radius 1 is 1.42 bits per heavy atom. The van der Waals surface area contributed by atoms with Gasteiger partial charge in [-0.05, 0) is 30.0 Å². The number of rotatable bonds is 6. The van der Waals surface area contributed by atoms with Crippen LogP contribution < -0.4 is 21.1 Å². The van der Waals surface area contributed by atoms with E-state index in [1.165, 1.54) is 18.4 Å². The van der Waals surface area contributed by atoms with Crippen molar-refractivity contribution in [1.29, 1.82) is 0 Å². The van der Waals surface area contributed by atoms with Crippen molar-refractivity contribution in [3.8, 4) is 5.75 Å². The van der Waals surface area contributed by atoms with Crippen molar-refractivity contribution in [3.63, 3.8) is 0 Å². The minimum absolute atomic E-state index is 0.0499. The molecule has 4 N–H and O–H groups in total. The van der Waals surface area contributed by atoms with Gasteiger partial charge in [0.1, 0.15) is 5.75 Å². The Morgan fingerprint density at radius 3 is 2.75 bits per heavy atom. The summed E-state index contributed by atoms with van der Waals surface area (Å²) < 4.78 is 5.24. The number of benzene rings is 1. The summed E-state index contributed by atoms with van der Waals surface area (Å²) in [5.41, 5.74) is 6.54. The van der Waals surface area contributed by atoms with E-state index in [-0.39, 0.29) is 12.3 Å². The normalized spacial score (nSPS) is 11.6. The molecule has 1 unspecified atom stereocenters. The molecule has 2 aromatic rings. The topological polar surface area (TPSA) is 93.4 Å². The predicted molar refractivity (Wildman–Crippen MR) is 95.8 cm³/mol. The van der Waals surface area contributed by atoms with Crippen LogP contribution in [0.15, 0.2) is 29.6 Å². The van der Waals surface area contributed by atoms with Crippen molar-refractivity contribution in [1.82, 2.24) is 5.32 Å². The number of anilines is 1. The maximum atomic E-state index is 12.4. The fourth-order valence-corrected chi connectivity index (χ4v) is 3.13. The largest absolute Gasteiger partial charge is 0.495 e. The number of nitrogens with two attached hydrogens (primary N) is 1. The van der Waals surface area contributed by atoms with Gasteiger partial charge in [-0.1, -0.05) is 17.7 Å². The molecule has 1 aromatic heterocycles. The molecule has 8 heteroatoms. The van der Waals surface area contributed by atoms with E-state index in [1.807, 2.05) is 24.4 Å². The van der Waals surface area contributed by atoms with Crippen molar-refractivity contribution in [2.24, 2.45) is 5.73 Å². The number of primary amides is 1. The minimum atomic E-state index is -0.680. The average molecular weight is 368 g/mol. The highest BCUT2D eigenvalue weighted by Gasteiger charge is 2.19. The first-order valence-corrected chi connectivity index (χ1v) is 8.39. The maximum absolute atomic E-state index is 12.4. The molecule has 0 bridgehead atoms. The van der Waals surface area contributed by atoms with Crippen molar-refractivity contribution in [2.75, 3.05) is 12.4 Å². The lowest BCUT2D eigenvalue weighted by Crippen LogP contribution is -2.34. The lowest BCUT2D eigenvalue weighted by Gasteiger charge is -2.17. The first-order chi connectivity index (χ1) is 11.4. The standard InChI is InChI=1S/C16H18ClN3O3S/c1-9-6-11(13(23-2)7-10(9)17)19-15(21)8-12(20-16(18)22)14-4-3-5-24-14/h3-7,12H,8H2,1-2H3,(H,19,21)(H3,18,20,22). The number of nitrogens with one attached hydrogen (secondary N) is 2. The number of carbonyl (C=O) groups is 2. The molecule has 0 spiro atoms. The quantitative estimate of drug-likeness (QED) is 0.729. The fourth-order valence-electron chi connectivity index (χ4n) is 2.20. The first-order valence-electron chi connectivity index (χ1n) is 7.14. The van der Waals surface area contributed by atoms with Gasteiger partial charge in [0.15, 0.2) is 0 Å². The number of thiophene rings is 1. The monoisotopic (exact) mass is 367 g/mol. The molecular weight excluding hydrogens is 350 g/mol. The zero-order chi connectivity index (χ0) is 17.7. The molecular formula is C16H18ClN3O3S. The van der Waals surface area contributed by atoms with E-state index in [0.29, 0.717) is 16.5 Å². The van der Waals surface area contributed by atoms with Crippen LogP contribution in [-0.2, 0) is 4.79 Å². The summed E-state index contributed by atoms with van der Waals surface area (Å²) in [6.45, 7) is 1.83. The molecule has 1 heterocycles. The van der Waals surface area contributed by atoms with Crippen molar-refractivity contribution in [3.05, 3.63) is 45.1 Å². The molecule has 3 amide bonds. The predicted octanol–water partition coefficient (Wildman–Crippen LogP) is 3.46. The minimum Gasteiger partial charge on any atom is -0.495 e. The van der Waals surface area contributed by atoms with Gasteiger partial charge in [-0.2, -0.15) is 0 Å². The first kappa shape index (κ1) is 18.1. The van der Waals surface area contributed by atoms with E-state index in [9.17, 15) is 9.59 Å². The highest BCUT2D eigenvalue weighted by atomic mass is 35.5. The lowest BCUT2D eigenvalue weighted by molar-refractivity contribution is -0.116. The number of halogens is 1. The van der Waals surface area contributed by atoms with Gasteiger partial charge in [0.25, 0.3) is 0 Å². The van der Waals surface area contributed by atoms with Crippen LogP contribution in [0.5, 0.6) is 5.75 Å². The summed E-state index contributed by atoms with van der Waals surface area (Å²) in [4.78, 5) is 24.4. The zero-order valence-electron chi connectivity index (χ0n) is 13.3. The van der Waals surface area contributed by atoms with Gasteiger partial charge >= 0.3 is 6.03 Å². The summed E-state index contributed by atoms with van der Waals surface area (Å²) in [5, 5.41) is 7.79. The van der Waals surface area contributed by atoms with Crippen LogP contribution in [-0.4, -0.2) is 19.0 Å². The average Bonchev–Trinajstić information content (AvgIpc) is 3.04. The lowest BCUT2D eigenvalue weighted by atomic mass is 10.1. The van der Waals surface area contributed by atoms with Gasteiger partial charge in [-0.15, -0.1) is 11.3 Å². The van der Waals surface area contributed by atoms with Gasteiger partial charge in [0.05, 0.1) is 25.3 Å². The molecule has 0 aliphatic carbocycles. The third-order valence-electron chi connectivity index (χ3n) is 3.35. The Labute approximate surface area is 148 Å². The van der Waals surface area contributed by atoms with Crippen LogP contribution >= 0.6 is 22.9 Å². The summed E-state index contributed by atoms with van der Waals surface area (Å²) in [6, 6.07) is 5.90. The van der Waals surface area contributed by atoms with Crippen LogP contribution in [0.25, 0.3) is 0 Å². The number of hydrogen-bond acceptors (Lipinski definition) is 4. The molecule has 0 saturated carbocycles. The zero-order valence-corrected chi connectivity index (χ0v) is 14.8.